The van der Waals surface area contributed by atoms with Crippen molar-refractivity contribution in [1.29, 1.82) is 0 Å². The molecule has 12 heavy (non-hydrogen) atoms. The molecule has 0 aliphatic rings. The monoisotopic (exact) mass is 371 g/mol. The predicted molar refractivity (Wildman–Crippen MR) is 45.3 cm³/mol. The summed E-state index contributed by atoms with van der Waals surface area (Å²) in [6.45, 7) is 0. The third-order valence-corrected chi connectivity index (χ3v) is 6.01. The van der Waals surface area contributed by atoms with Gasteiger partial charge in [-0.3, -0.25) is 0 Å². The number of halogens is 1. The maximum absolute atomic E-state index is 11.2. The molecule has 0 aliphatic carbocycles. The average molecular weight is 370 g/mol. The van der Waals surface area contributed by atoms with Crippen LogP contribution in [0.4, 0.5) is 0 Å². The van der Waals surface area contributed by atoms with Gasteiger partial charge in [0.25, 0.3) is 0 Å². The van der Waals surface area contributed by atoms with Crippen LogP contribution < -0.4 is 6.57 Å². The fraction of sp³-hybridized carbons (Fsp3) is 0.125. The van der Waals surface area contributed by atoms with E-state index in [4.69, 9.17) is 15.1 Å². The molecular formula is C8H8ClHgNO. The third-order valence-electron chi connectivity index (χ3n) is 1.66. The number of nitrogens with two attached hydrogens (primary N) is 1. The van der Waals surface area contributed by atoms with Gasteiger partial charge in [0.1, 0.15) is 0 Å². The van der Waals surface area contributed by atoms with Gasteiger partial charge in [-0.1, -0.05) is 0 Å². The summed E-state index contributed by atoms with van der Waals surface area (Å²) in [6.07, 6.45) is 0. The second kappa shape index (κ2) is 4.95. The van der Waals surface area contributed by atoms with Crippen LogP contribution in [0.3, 0.4) is 0 Å². The Bertz CT molecular complexity index is 290. The first-order chi connectivity index (χ1) is 5.79. The zero-order valence-electron chi connectivity index (χ0n) is 6.59. The Morgan fingerprint density at radius 1 is 1.50 bits per heavy atom. The summed E-state index contributed by atoms with van der Waals surface area (Å²) in [5, 5.41) is 0. The van der Waals surface area contributed by atoms with Crippen molar-refractivity contribution in [3.05, 3.63) is 29.8 Å². The average Bonchev–Trinajstić information content (AvgIpc) is 2.16. The first-order valence-corrected chi connectivity index (χ1v) is 10.1. The molecule has 2 N–H and O–H groups in total. The zero-order valence-corrected chi connectivity index (χ0v) is 12.8. The quantitative estimate of drug-likeness (QED) is 0.484. The van der Waals surface area contributed by atoms with E-state index in [0.29, 0.717) is 0 Å². The van der Waals surface area contributed by atoms with E-state index in [0.717, 1.165) is 8.64 Å². The maximum atomic E-state index is 11.2. The van der Waals surface area contributed by atoms with Gasteiger partial charge < -0.3 is 0 Å². The van der Waals surface area contributed by atoms with Crippen molar-refractivity contribution < 1.29 is 29.7 Å². The Hall–Kier alpha value is 0.0751. The summed E-state index contributed by atoms with van der Waals surface area (Å²) in [6, 6.07) is 7.48. The van der Waals surface area contributed by atoms with Gasteiger partial charge in [-0.25, -0.2) is 0 Å². The first kappa shape index (κ1) is 10.2. The van der Waals surface area contributed by atoms with E-state index in [1.54, 1.807) is 6.07 Å². The summed E-state index contributed by atoms with van der Waals surface area (Å²) in [5.74, 6) is 0.0305. The molecule has 60 valence electrons. The van der Waals surface area contributed by atoms with Gasteiger partial charge in [0.15, 0.2) is 0 Å². The second-order valence-electron chi connectivity index (χ2n) is 2.42. The van der Waals surface area contributed by atoms with Crippen molar-refractivity contribution in [3.8, 4) is 0 Å². The molecule has 0 saturated heterocycles. The van der Waals surface area contributed by atoms with E-state index in [1.165, 1.54) is 0 Å². The molecular weight excluding hydrogens is 362 g/mol. The molecule has 1 rings (SSSR count). The summed E-state index contributed by atoms with van der Waals surface area (Å²) in [5.41, 5.74) is 0.733. The van der Waals surface area contributed by atoms with Gasteiger partial charge in [0.05, 0.1) is 0 Å². The van der Waals surface area contributed by atoms with Crippen molar-refractivity contribution in [2.75, 3.05) is 5.88 Å². The molecule has 0 aromatic heterocycles. The molecule has 0 saturated carbocycles. The van der Waals surface area contributed by atoms with Crippen molar-refractivity contribution in [3.63, 3.8) is 0 Å². The van der Waals surface area contributed by atoms with Crippen molar-refractivity contribution in [2.24, 2.45) is 3.50 Å². The molecule has 0 atom stereocenters. The zero-order chi connectivity index (χ0) is 8.97. The molecule has 0 radical (unpaired) electrons. The molecule has 0 heterocycles. The summed E-state index contributed by atoms with van der Waals surface area (Å²) < 4.78 is 6.74. The number of hydrogen-bond donors (Lipinski definition) is 1. The number of ketones is 1. The van der Waals surface area contributed by atoms with Gasteiger partial charge >= 0.3 is 89.3 Å². The van der Waals surface area contributed by atoms with Crippen LogP contribution in [0.1, 0.15) is 10.4 Å². The summed E-state index contributed by atoms with van der Waals surface area (Å²) in [4.78, 5) is 11.2. The molecule has 0 unspecified atom stereocenters. The van der Waals surface area contributed by atoms with E-state index in [9.17, 15) is 4.79 Å². The fourth-order valence-corrected chi connectivity index (χ4v) is 4.32. The van der Waals surface area contributed by atoms with Crippen LogP contribution in [-0.4, -0.2) is 11.7 Å². The van der Waals surface area contributed by atoms with E-state index in [2.05, 4.69) is 0 Å². The standard InChI is InChI=1S/C8H6ClO.Hg.H2N/c9-6-8(10)7-4-2-1-3-5-7;;/h1-4H,6H2;;1H2/q;+1;-1. The van der Waals surface area contributed by atoms with Gasteiger partial charge in [-0.05, 0) is 0 Å². The fourth-order valence-electron chi connectivity index (χ4n) is 1.04. The van der Waals surface area contributed by atoms with Crippen LogP contribution in [0.15, 0.2) is 24.3 Å². The number of rotatable bonds is 3. The molecule has 2 nitrogen and oxygen atoms in total. The first-order valence-electron chi connectivity index (χ1n) is 3.66. The Morgan fingerprint density at radius 3 is 2.75 bits per heavy atom. The Kier molecular flexibility index (Phi) is 4.19. The normalized spacial score (nSPS) is 9.17. The van der Waals surface area contributed by atoms with Crippen LogP contribution in [0.5, 0.6) is 0 Å². The summed E-state index contributed by atoms with van der Waals surface area (Å²) >= 11 is 3.99. The Morgan fingerprint density at radius 2 is 2.17 bits per heavy atom. The molecule has 0 aliphatic heterocycles. The number of hydrogen-bond acceptors (Lipinski definition) is 2. The van der Waals surface area contributed by atoms with E-state index >= 15 is 0 Å². The molecule has 0 spiro atoms. The van der Waals surface area contributed by atoms with E-state index < -0.39 is 24.9 Å². The molecule has 1 aromatic rings. The molecule has 0 bridgehead atoms. The topological polar surface area (TPSA) is 43.1 Å². The SMILES string of the molecule is [NH2][Hg][c]1ccccc1C(=O)CCl. The number of Topliss-reactive ketones (excluding diaryl/α,β-unsaturated/α-hetero) is 1. The third kappa shape index (κ3) is 2.28. The van der Waals surface area contributed by atoms with Crippen molar-refractivity contribution >= 4 is 20.5 Å². The van der Waals surface area contributed by atoms with Crippen LogP contribution in [0.25, 0.3) is 0 Å². The minimum atomic E-state index is -1.46. The number of carbonyl (C=O) groups excluding carboxylic acids is 1. The predicted octanol–water partition coefficient (Wildman–Crippen LogP) is 0.690. The van der Waals surface area contributed by atoms with Crippen LogP contribution in [0.2, 0.25) is 0 Å². The van der Waals surface area contributed by atoms with E-state index in [-0.39, 0.29) is 11.7 Å². The number of alkyl halides is 1. The van der Waals surface area contributed by atoms with Crippen LogP contribution in [0, 0.1) is 0 Å². The van der Waals surface area contributed by atoms with Gasteiger partial charge in [0, 0.05) is 0 Å². The molecule has 0 fully saturated rings. The molecule has 4 heteroatoms. The number of benzene rings is 1. The second-order valence-corrected chi connectivity index (χ2v) is 7.23. The van der Waals surface area contributed by atoms with Gasteiger partial charge in [0.2, 0.25) is 0 Å². The number of carbonyl (C=O) groups is 1. The molecule has 1 aromatic carbocycles. The summed E-state index contributed by atoms with van der Waals surface area (Å²) in [7, 11) is 0. The van der Waals surface area contributed by atoms with Crippen LogP contribution >= 0.6 is 11.6 Å². The Labute approximate surface area is 89.0 Å². The van der Waals surface area contributed by atoms with Crippen molar-refractivity contribution in [1.82, 2.24) is 0 Å². The van der Waals surface area contributed by atoms with Gasteiger partial charge in [-0.15, -0.1) is 0 Å². The molecule has 0 amide bonds. The Balaban J connectivity index is 3.04. The van der Waals surface area contributed by atoms with Gasteiger partial charge in [-0.2, -0.15) is 0 Å². The van der Waals surface area contributed by atoms with Crippen LogP contribution in [-0.2, 0) is 24.9 Å². The van der Waals surface area contributed by atoms with E-state index in [1.807, 2.05) is 18.2 Å². The minimum absolute atomic E-state index is 0.0160. The van der Waals surface area contributed by atoms with Crippen molar-refractivity contribution in [2.45, 2.75) is 0 Å².